The number of nitrogens with zero attached hydrogens (tertiary/aromatic N) is 2. The number of aromatic nitrogens is 1. The Morgan fingerprint density at radius 2 is 2.22 bits per heavy atom. The van der Waals surface area contributed by atoms with Gasteiger partial charge in [0.25, 0.3) is 0 Å². The summed E-state index contributed by atoms with van der Waals surface area (Å²) in [7, 11) is 0. The van der Waals surface area contributed by atoms with Crippen LogP contribution in [-0.2, 0) is 0 Å². The van der Waals surface area contributed by atoms with Crippen molar-refractivity contribution >= 4 is 11.8 Å². The van der Waals surface area contributed by atoms with Crippen molar-refractivity contribution in [3.05, 3.63) is 23.9 Å². The Morgan fingerprint density at radius 1 is 1.44 bits per heavy atom. The van der Waals surface area contributed by atoms with Crippen molar-refractivity contribution in [1.82, 2.24) is 9.88 Å². The molecule has 96 valence electrons. The van der Waals surface area contributed by atoms with E-state index >= 15 is 0 Å². The van der Waals surface area contributed by atoms with Crippen LogP contribution in [0.15, 0.2) is 18.3 Å². The summed E-state index contributed by atoms with van der Waals surface area (Å²) in [6.07, 6.45) is 4.04. The van der Waals surface area contributed by atoms with E-state index in [2.05, 4.69) is 15.2 Å². The second-order valence-corrected chi connectivity index (χ2v) is 5.09. The van der Waals surface area contributed by atoms with E-state index in [4.69, 9.17) is 5.11 Å². The lowest BCUT2D eigenvalue weighted by Gasteiger charge is -2.45. The monoisotopic (exact) mass is 247 g/mol. The topological polar surface area (TPSA) is 65.5 Å². The highest BCUT2D eigenvalue weighted by molar-refractivity contribution is 5.93. The quantitative estimate of drug-likeness (QED) is 0.842. The summed E-state index contributed by atoms with van der Waals surface area (Å²) in [6.45, 7) is 3.36. The number of nitrogens with one attached hydrogen (secondary N) is 1. The van der Waals surface area contributed by atoms with Gasteiger partial charge in [0, 0.05) is 18.8 Å². The van der Waals surface area contributed by atoms with Crippen molar-refractivity contribution in [2.24, 2.45) is 5.92 Å². The van der Waals surface area contributed by atoms with Gasteiger partial charge in [0.1, 0.15) is 11.4 Å². The van der Waals surface area contributed by atoms with Gasteiger partial charge in [-0.3, -0.25) is 0 Å². The van der Waals surface area contributed by atoms with E-state index in [0.29, 0.717) is 17.8 Å². The molecule has 2 N–H and O–H groups in total. The van der Waals surface area contributed by atoms with E-state index in [1.165, 1.54) is 25.9 Å². The number of aromatic carboxylic acids is 1. The molecule has 0 amide bonds. The lowest BCUT2D eigenvalue weighted by molar-refractivity contribution is 0.0696. The summed E-state index contributed by atoms with van der Waals surface area (Å²) in [6, 6.07) is 3.59. The molecule has 0 aliphatic carbocycles. The van der Waals surface area contributed by atoms with Crippen molar-refractivity contribution in [2.75, 3.05) is 25.0 Å². The molecule has 0 spiro atoms. The lowest BCUT2D eigenvalue weighted by atomic mass is 9.84. The zero-order valence-electron chi connectivity index (χ0n) is 10.2. The normalized spacial score (nSPS) is 30.1. The number of piperidine rings is 3. The molecule has 0 radical (unpaired) electrons. The Balaban J connectivity index is 1.78. The number of anilines is 1. The van der Waals surface area contributed by atoms with Gasteiger partial charge in [0.05, 0.1) is 0 Å². The van der Waals surface area contributed by atoms with Crippen LogP contribution in [-0.4, -0.2) is 46.6 Å². The fraction of sp³-hybridized carbons (Fsp3) is 0.538. The molecular formula is C13H17N3O2. The smallest absolute Gasteiger partial charge is 0.339 e. The van der Waals surface area contributed by atoms with Gasteiger partial charge < -0.3 is 15.3 Å². The summed E-state index contributed by atoms with van der Waals surface area (Å²) in [5.74, 6) is 0.231. The first-order valence-electron chi connectivity index (χ1n) is 6.41. The SMILES string of the molecule is O=C(O)c1cccnc1NC1CN2CCC1CC2. The predicted molar refractivity (Wildman–Crippen MR) is 67.8 cm³/mol. The first-order chi connectivity index (χ1) is 8.74. The van der Waals surface area contributed by atoms with Gasteiger partial charge in [-0.25, -0.2) is 9.78 Å². The van der Waals surface area contributed by atoms with Crippen LogP contribution in [0.2, 0.25) is 0 Å². The third kappa shape index (κ3) is 2.06. The molecule has 0 aromatic carbocycles. The van der Waals surface area contributed by atoms with Crippen LogP contribution in [0, 0.1) is 5.92 Å². The maximum absolute atomic E-state index is 11.1. The van der Waals surface area contributed by atoms with E-state index in [-0.39, 0.29) is 5.56 Å². The third-order valence-corrected chi connectivity index (χ3v) is 4.02. The summed E-state index contributed by atoms with van der Waals surface area (Å²) >= 11 is 0. The molecule has 1 aromatic heterocycles. The number of carboxylic acids is 1. The van der Waals surface area contributed by atoms with Crippen molar-refractivity contribution in [2.45, 2.75) is 18.9 Å². The Hall–Kier alpha value is -1.62. The first-order valence-corrected chi connectivity index (χ1v) is 6.41. The molecule has 3 fully saturated rings. The molecule has 2 bridgehead atoms. The van der Waals surface area contributed by atoms with E-state index in [0.717, 1.165) is 6.54 Å². The second-order valence-electron chi connectivity index (χ2n) is 5.09. The fourth-order valence-corrected chi connectivity index (χ4v) is 3.00. The largest absolute Gasteiger partial charge is 0.478 e. The number of pyridine rings is 1. The average Bonchev–Trinajstić information content (AvgIpc) is 2.40. The first kappa shape index (κ1) is 11.5. The molecule has 3 aliphatic heterocycles. The number of carboxylic acid groups (broad SMARTS) is 1. The van der Waals surface area contributed by atoms with Crippen LogP contribution >= 0.6 is 0 Å². The summed E-state index contributed by atoms with van der Waals surface area (Å²) in [4.78, 5) is 17.7. The van der Waals surface area contributed by atoms with E-state index < -0.39 is 5.97 Å². The molecule has 5 nitrogen and oxygen atoms in total. The van der Waals surface area contributed by atoms with Crippen molar-refractivity contribution in [3.63, 3.8) is 0 Å². The molecule has 3 aliphatic rings. The lowest BCUT2D eigenvalue weighted by Crippen LogP contribution is -2.53. The standard InChI is InChI=1S/C13H17N3O2/c17-13(18)10-2-1-5-14-12(10)15-11-8-16-6-3-9(11)4-7-16/h1-2,5,9,11H,3-4,6-8H2,(H,14,15)(H,17,18). The van der Waals surface area contributed by atoms with Crippen LogP contribution in [0.25, 0.3) is 0 Å². The van der Waals surface area contributed by atoms with Gasteiger partial charge in [0.2, 0.25) is 0 Å². The Bertz CT molecular complexity index is 455. The highest BCUT2D eigenvalue weighted by atomic mass is 16.4. The molecular weight excluding hydrogens is 230 g/mol. The van der Waals surface area contributed by atoms with Gasteiger partial charge >= 0.3 is 5.97 Å². The van der Waals surface area contributed by atoms with Crippen molar-refractivity contribution in [3.8, 4) is 0 Å². The highest BCUT2D eigenvalue weighted by Gasteiger charge is 2.34. The molecule has 4 heterocycles. The summed E-state index contributed by atoms with van der Waals surface area (Å²) in [5, 5.41) is 12.5. The minimum absolute atomic E-state index is 0.258. The Kier molecular flexibility index (Phi) is 2.91. The van der Waals surface area contributed by atoms with Gasteiger partial charge in [-0.2, -0.15) is 0 Å². The number of fused-ring (bicyclic) bond motifs is 3. The second kappa shape index (κ2) is 4.57. The maximum atomic E-state index is 11.1. The molecule has 3 saturated heterocycles. The fourth-order valence-electron chi connectivity index (χ4n) is 3.00. The molecule has 0 saturated carbocycles. The van der Waals surface area contributed by atoms with Gasteiger partial charge in [0.15, 0.2) is 0 Å². The number of hydrogen-bond acceptors (Lipinski definition) is 4. The Labute approximate surface area is 106 Å². The molecule has 1 unspecified atom stereocenters. The van der Waals surface area contributed by atoms with Crippen LogP contribution < -0.4 is 5.32 Å². The minimum atomic E-state index is -0.924. The molecule has 4 rings (SSSR count). The van der Waals surface area contributed by atoms with E-state index in [1.54, 1.807) is 18.3 Å². The van der Waals surface area contributed by atoms with Crippen LogP contribution in [0.1, 0.15) is 23.2 Å². The molecule has 5 heteroatoms. The highest BCUT2D eigenvalue weighted by Crippen LogP contribution is 2.29. The average molecular weight is 247 g/mol. The third-order valence-electron chi connectivity index (χ3n) is 4.02. The van der Waals surface area contributed by atoms with Crippen molar-refractivity contribution < 1.29 is 9.90 Å². The van der Waals surface area contributed by atoms with Crippen LogP contribution in [0.4, 0.5) is 5.82 Å². The van der Waals surface area contributed by atoms with Crippen molar-refractivity contribution in [1.29, 1.82) is 0 Å². The maximum Gasteiger partial charge on any atom is 0.339 e. The van der Waals surface area contributed by atoms with Gasteiger partial charge in [-0.15, -0.1) is 0 Å². The van der Waals surface area contributed by atoms with Crippen LogP contribution in [0.5, 0.6) is 0 Å². The van der Waals surface area contributed by atoms with Gasteiger partial charge in [-0.05, 0) is 44.0 Å². The summed E-state index contributed by atoms with van der Waals surface area (Å²) < 4.78 is 0. The number of hydrogen-bond donors (Lipinski definition) is 2. The molecule has 1 aromatic rings. The minimum Gasteiger partial charge on any atom is -0.478 e. The zero-order chi connectivity index (χ0) is 12.5. The summed E-state index contributed by atoms with van der Waals surface area (Å²) in [5.41, 5.74) is 0.258. The number of carbonyl (C=O) groups is 1. The van der Waals surface area contributed by atoms with Crippen LogP contribution in [0.3, 0.4) is 0 Å². The van der Waals surface area contributed by atoms with E-state index in [9.17, 15) is 4.79 Å². The molecule has 18 heavy (non-hydrogen) atoms. The zero-order valence-corrected chi connectivity index (χ0v) is 10.2. The number of rotatable bonds is 3. The van der Waals surface area contributed by atoms with Gasteiger partial charge in [-0.1, -0.05) is 0 Å². The molecule has 1 atom stereocenters. The predicted octanol–water partition coefficient (Wildman–Crippen LogP) is 1.29. The van der Waals surface area contributed by atoms with E-state index in [1.807, 2.05) is 0 Å². The Morgan fingerprint density at radius 3 is 2.83 bits per heavy atom.